The van der Waals surface area contributed by atoms with Crippen molar-refractivity contribution in [1.82, 2.24) is 0 Å². The van der Waals surface area contributed by atoms with Gasteiger partial charge in [0, 0.05) is 4.47 Å². The lowest BCUT2D eigenvalue weighted by atomic mass is 10.2. The number of benzene rings is 2. The highest BCUT2D eigenvalue weighted by atomic mass is 79.9. The zero-order valence-electron chi connectivity index (χ0n) is 10.4. The van der Waals surface area contributed by atoms with Crippen LogP contribution in [0.25, 0.3) is 0 Å². The summed E-state index contributed by atoms with van der Waals surface area (Å²) >= 11 is 6.66. The molecule has 0 radical (unpaired) electrons. The lowest BCUT2D eigenvalue weighted by molar-refractivity contribution is 0.475. The molecule has 106 valence electrons. The maximum Gasteiger partial charge on any atom is 0.238 e. The van der Waals surface area contributed by atoms with Crippen molar-refractivity contribution in [2.24, 2.45) is 5.14 Å². The highest BCUT2D eigenvalue weighted by Gasteiger charge is 2.12. The van der Waals surface area contributed by atoms with Gasteiger partial charge in [0.05, 0.1) is 9.37 Å². The number of sulfonamides is 1. The second kappa shape index (κ2) is 5.85. The van der Waals surface area contributed by atoms with Gasteiger partial charge in [0.1, 0.15) is 11.5 Å². The molecule has 2 N–H and O–H groups in total. The van der Waals surface area contributed by atoms with Crippen LogP contribution in [-0.4, -0.2) is 8.42 Å². The fraction of sp³-hybridized carbons (Fsp3) is 0.0769. The van der Waals surface area contributed by atoms with Crippen LogP contribution < -0.4 is 9.88 Å². The van der Waals surface area contributed by atoms with Gasteiger partial charge in [-0.15, -0.1) is 0 Å². The quantitative estimate of drug-likeness (QED) is 0.816. The minimum absolute atomic E-state index is 0.0303. The first-order valence-corrected chi connectivity index (χ1v) is 8.67. The van der Waals surface area contributed by atoms with E-state index in [1.54, 1.807) is 6.07 Å². The molecule has 0 aromatic heterocycles. The summed E-state index contributed by atoms with van der Waals surface area (Å²) in [5, 5.41) is 5.08. The Kier molecular flexibility index (Phi) is 4.53. The maximum absolute atomic E-state index is 11.3. The molecular formula is C13H11Br2NO3S. The van der Waals surface area contributed by atoms with Gasteiger partial charge in [-0.05, 0) is 58.7 Å². The van der Waals surface area contributed by atoms with Gasteiger partial charge in [-0.3, -0.25) is 0 Å². The predicted octanol–water partition coefficient (Wildman–Crippen LogP) is 3.96. The number of hydrogen-bond acceptors (Lipinski definition) is 3. The fourth-order valence-corrected chi connectivity index (χ4v) is 3.03. The van der Waals surface area contributed by atoms with Gasteiger partial charge >= 0.3 is 0 Å². The van der Waals surface area contributed by atoms with Crippen LogP contribution in [0.2, 0.25) is 0 Å². The molecule has 0 saturated heterocycles. The molecule has 0 atom stereocenters. The van der Waals surface area contributed by atoms with Crippen molar-refractivity contribution in [3.63, 3.8) is 0 Å². The second-order valence-electron chi connectivity index (χ2n) is 4.15. The molecular weight excluding hydrogens is 410 g/mol. The van der Waals surface area contributed by atoms with Crippen molar-refractivity contribution < 1.29 is 13.2 Å². The first kappa shape index (κ1) is 15.5. The number of halogens is 2. The molecule has 4 nitrogen and oxygen atoms in total. The molecule has 7 heteroatoms. The third-order valence-electron chi connectivity index (χ3n) is 2.60. The average Bonchev–Trinajstić information content (AvgIpc) is 2.35. The molecule has 20 heavy (non-hydrogen) atoms. The number of primary sulfonamides is 1. The number of rotatable bonds is 3. The van der Waals surface area contributed by atoms with Gasteiger partial charge in [0.25, 0.3) is 0 Å². The summed E-state index contributed by atoms with van der Waals surface area (Å²) in [6.45, 7) is 1.92. The molecule has 0 fully saturated rings. The zero-order valence-corrected chi connectivity index (χ0v) is 14.4. The van der Waals surface area contributed by atoms with Crippen LogP contribution in [0.3, 0.4) is 0 Å². The first-order chi connectivity index (χ1) is 9.27. The molecule has 2 rings (SSSR count). The topological polar surface area (TPSA) is 69.4 Å². The van der Waals surface area contributed by atoms with E-state index in [-0.39, 0.29) is 4.90 Å². The Morgan fingerprint density at radius 2 is 1.75 bits per heavy atom. The Morgan fingerprint density at radius 1 is 1.05 bits per heavy atom. The van der Waals surface area contributed by atoms with Crippen LogP contribution in [0, 0.1) is 6.92 Å². The van der Waals surface area contributed by atoms with Gasteiger partial charge in [-0.2, -0.15) is 0 Å². The molecule has 0 aliphatic carbocycles. The van der Waals surface area contributed by atoms with Crippen LogP contribution in [-0.2, 0) is 10.0 Å². The van der Waals surface area contributed by atoms with Crippen LogP contribution in [0.4, 0.5) is 0 Å². The second-order valence-corrected chi connectivity index (χ2v) is 7.48. The normalized spacial score (nSPS) is 11.4. The molecule has 0 spiro atoms. The fourth-order valence-electron chi connectivity index (χ4n) is 1.54. The molecule has 0 amide bonds. The number of ether oxygens (including phenoxy) is 1. The molecule has 2 aromatic carbocycles. The smallest absolute Gasteiger partial charge is 0.238 e. The Labute approximate surface area is 134 Å². The standard InChI is InChI=1S/C13H11Br2NO3S/c1-8-2-3-9(14)6-13(8)19-12-5-4-10(7-11(12)15)20(16,17)18/h2-7H,1H3,(H2,16,17,18). The van der Waals surface area contributed by atoms with Crippen molar-refractivity contribution >= 4 is 41.9 Å². The lowest BCUT2D eigenvalue weighted by Crippen LogP contribution is -2.11. The van der Waals surface area contributed by atoms with Crippen LogP contribution in [0.15, 0.2) is 50.2 Å². The molecule has 0 aliphatic rings. The molecule has 0 saturated carbocycles. The van der Waals surface area contributed by atoms with Crippen molar-refractivity contribution in [1.29, 1.82) is 0 Å². The Bertz CT molecular complexity index is 760. The van der Waals surface area contributed by atoms with Crippen LogP contribution >= 0.6 is 31.9 Å². The minimum atomic E-state index is -3.72. The van der Waals surface area contributed by atoms with E-state index >= 15 is 0 Å². The zero-order chi connectivity index (χ0) is 14.9. The van der Waals surface area contributed by atoms with E-state index in [9.17, 15) is 8.42 Å². The van der Waals surface area contributed by atoms with Crippen LogP contribution in [0.1, 0.15) is 5.56 Å². The first-order valence-electron chi connectivity index (χ1n) is 5.54. The Morgan fingerprint density at radius 3 is 2.35 bits per heavy atom. The van der Waals surface area contributed by atoms with E-state index in [1.165, 1.54) is 12.1 Å². The van der Waals surface area contributed by atoms with E-state index in [4.69, 9.17) is 9.88 Å². The number of nitrogens with two attached hydrogens (primary N) is 1. The van der Waals surface area contributed by atoms with Gasteiger partial charge < -0.3 is 4.74 Å². The highest BCUT2D eigenvalue weighted by Crippen LogP contribution is 2.34. The van der Waals surface area contributed by atoms with Crippen LogP contribution in [0.5, 0.6) is 11.5 Å². The maximum atomic E-state index is 11.3. The van der Waals surface area contributed by atoms with Crippen molar-refractivity contribution in [3.8, 4) is 11.5 Å². The Hall–Kier alpha value is -0.890. The summed E-state index contributed by atoms with van der Waals surface area (Å²) in [6, 6.07) is 10.1. The van der Waals surface area contributed by atoms with E-state index in [0.29, 0.717) is 16.0 Å². The monoisotopic (exact) mass is 419 g/mol. The SMILES string of the molecule is Cc1ccc(Br)cc1Oc1ccc(S(N)(=O)=O)cc1Br. The van der Waals surface area contributed by atoms with E-state index < -0.39 is 10.0 Å². The molecule has 0 unspecified atom stereocenters. The van der Waals surface area contributed by atoms with Gasteiger partial charge in [-0.1, -0.05) is 22.0 Å². The summed E-state index contributed by atoms with van der Waals surface area (Å²) in [6.07, 6.45) is 0. The summed E-state index contributed by atoms with van der Waals surface area (Å²) < 4.78 is 29.7. The van der Waals surface area contributed by atoms with Crippen molar-refractivity contribution in [2.75, 3.05) is 0 Å². The molecule has 0 heterocycles. The summed E-state index contributed by atoms with van der Waals surface area (Å²) in [4.78, 5) is 0.0303. The minimum Gasteiger partial charge on any atom is -0.456 e. The predicted molar refractivity (Wildman–Crippen MR) is 84.5 cm³/mol. The average molecular weight is 421 g/mol. The Balaban J connectivity index is 2.38. The number of hydrogen-bond donors (Lipinski definition) is 1. The third-order valence-corrected chi connectivity index (χ3v) is 4.63. The third kappa shape index (κ3) is 3.60. The van der Waals surface area contributed by atoms with E-state index in [2.05, 4.69) is 31.9 Å². The largest absolute Gasteiger partial charge is 0.456 e. The summed E-state index contributed by atoms with van der Waals surface area (Å²) in [7, 11) is -3.72. The number of aryl methyl sites for hydroxylation is 1. The van der Waals surface area contributed by atoms with Gasteiger partial charge in [0.15, 0.2) is 0 Å². The van der Waals surface area contributed by atoms with E-state index in [1.807, 2.05) is 25.1 Å². The van der Waals surface area contributed by atoms with Gasteiger partial charge in [0.2, 0.25) is 10.0 Å². The van der Waals surface area contributed by atoms with Crippen molar-refractivity contribution in [2.45, 2.75) is 11.8 Å². The van der Waals surface area contributed by atoms with Crippen molar-refractivity contribution in [3.05, 3.63) is 50.9 Å². The summed E-state index contributed by atoms with van der Waals surface area (Å²) in [5.74, 6) is 1.20. The summed E-state index contributed by atoms with van der Waals surface area (Å²) in [5.41, 5.74) is 0.968. The molecule has 0 bridgehead atoms. The molecule has 2 aromatic rings. The molecule has 0 aliphatic heterocycles. The lowest BCUT2D eigenvalue weighted by Gasteiger charge is -2.11. The van der Waals surface area contributed by atoms with Gasteiger partial charge in [-0.25, -0.2) is 13.6 Å². The van der Waals surface area contributed by atoms with E-state index in [0.717, 1.165) is 10.0 Å². The highest BCUT2D eigenvalue weighted by molar-refractivity contribution is 9.10.